The topological polar surface area (TPSA) is 49.3 Å². The molecule has 0 radical (unpaired) electrons. The first-order valence-corrected chi connectivity index (χ1v) is 7.66. The number of benzene rings is 1. The molecule has 1 aromatic rings. The van der Waals surface area contributed by atoms with Crippen molar-refractivity contribution in [2.24, 2.45) is 0 Å². The first kappa shape index (κ1) is 15.0. The average molecular weight is 275 g/mol. The summed E-state index contributed by atoms with van der Waals surface area (Å²) >= 11 is 0. The molecule has 0 heterocycles. The number of nitrogens with one attached hydrogen (secondary N) is 1. The van der Waals surface area contributed by atoms with Crippen LogP contribution in [0.1, 0.15) is 56.6 Å². The van der Waals surface area contributed by atoms with Gasteiger partial charge in [0.1, 0.15) is 0 Å². The molecule has 0 spiro atoms. The Kier molecular flexibility index (Phi) is 5.18. The van der Waals surface area contributed by atoms with Crippen LogP contribution in [0.25, 0.3) is 0 Å². The van der Waals surface area contributed by atoms with Gasteiger partial charge >= 0.3 is 0 Å². The van der Waals surface area contributed by atoms with Crippen LogP contribution in [0.3, 0.4) is 0 Å². The maximum Gasteiger partial charge on any atom is 0.216 e. The lowest BCUT2D eigenvalue weighted by molar-refractivity contribution is -0.118. The molecular weight excluding hydrogens is 250 g/mol. The van der Waals surface area contributed by atoms with Crippen LogP contribution in [0.15, 0.2) is 24.3 Å². The second-order valence-electron chi connectivity index (χ2n) is 5.88. The Hall–Kier alpha value is -1.35. The van der Waals surface area contributed by atoms with E-state index in [-0.39, 0.29) is 5.91 Å². The molecule has 1 amide bonds. The van der Waals surface area contributed by atoms with E-state index in [9.17, 15) is 9.90 Å². The number of hydrogen-bond donors (Lipinski definition) is 2. The van der Waals surface area contributed by atoms with Crippen molar-refractivity contribution in [3.63, 3.8) is 0 Å². The maximum atomic E-state index is 10.8. The lowest BCUT2D eigenvalue weighted by atomic mass is 9.79. The molecule has 1 aromatic carbocycles. The highest BCUT2D eigenvalue weighted by Crippen LogP contribution is 2.37. The Balaban J connectivity index is 1.95. The molecule has 0 aromatic heterocycles. The van der Waals surface area contributed by atoms with Crippen LogP contribution < -0.4 is 5.32 Å². The monoisotopic (exact) mass is 275 g/mol. The third kappa shape index (κ3) is 4.07. The Bertz CT molecular complexity index is 450. The molecule has 0 unspecified atom stereocenters. The summed E-state index contributed by atoms with van der Waals surface area (Å²) in [6.07, 6.45) is 7.08. The van der Waals surface area contributed by atoms with Gasteiger partial charge in [0.15, 0.2) is 0 Å². The summed E-state index contributed by atoms with van der Waals surface area (Å²) in [6, 6.07) is 8.32. The fourth-order valence-corrected chi connectivity index (χ4v) is 3.00. The molecule has 1 fully saturated rings. The molecule has 20 heavy (non-hydrogen) atoms. The van der Waals surface area contributed by atoms with Crippen LogP contribution in [0.5, 0.6) is 0 Å². The number of aryl methyl sites for hydroxylation is 1. The van der Waals surface area contributed by atoms with Crippen molar-refractivity contribution in [2.75, 3.05) is 6.54 Å². The van der Waals surface area contributed by atoms with E-state index in [2.05, 4.69) is 17.4 Å². The van der Waals surface area contributed by atoms with E-state index >= 15 is 0 Å². The quantitative estimate of drug-likeness (QED) is 0.812. The van der Waals surface area contributed by atoms with E-state index in [1.807, 2.05) is 12.1 Å². The first-order valence-electron chi connectivity index (χ1n) is 7.66. The minimum absolute atomic E-state index is 0.0234. The predicted octanol–water partition coefficient (Wildman–Crippen LogP) is 2.91. The fraction of sp³-hybridized carbons (Fsp3) is 0.588. The standard InChI is InChI=1S/C17H25NO2/c1-14(19)18-12-6-8-15-7-5-9-16(13-15)17(20)10-3-2-4-11-17/h5,7,9,13,20H,2-4,6,8,10-12H2,1H3,(H,18,19). The second kappa shape index (κ2) is 6.89. The highest BCUT2D eigenvalue weighted by Gasteiger charge is 2.30. The van der Waals surface area contributed by atoms with Crippen molar-refractivity contribution in [1.29, 1.82) is 0 Å². The zero-order valence-electron chi connectivity index (χ0n) is 12.3. The molecule has 2 rings (SSSR count). The van der Waals surface area contributed by atoms with Crippen molar-refractivity contribution in [1.82, 2.24) is 5.32 Å². The van der Waals surface area contributed by atoms with Crippen molar-refractivity contribution < 1.29 is 9.90 Å². The SMILES string of the molecule is CC(=O)NCCCc1cccc(C2(O)CCCCC2)c1. The molecule has 1 aliphatic rings. The lowest BCUT2D eigenvalue weighted by Gasteiger charge is -2.32. The highest BCUT2D eigenvalue weighted by molar-refractivity contribution is 5.72. The van der Waals surface area contributed by atoms with Crippen LogP contribution in [0.4, 0.5) is 0 Å². The molecule has 3 nitrogen and oxygen atoms in total. The predicted molar refractivity (Wildman–Crippen MR) is 80.4 cm³/mol. The average Bonchev–Trinajstić information content (AvgIpc) is 2.45. The molecule has 0 atom stereocenters. The number of aliphatic hydroxyl groups is 1. The van der Waals surface area contributed by atoms with Crippen LogP contribution in [0, 0.1) is 0 Å². The van der Waals surface area contributed by atoms with E-state index < -0.39 is 5.60 Å². The number of carbonyl (C=O) groups excluding carboxylic acids is 1. The van der Waals surface area contributed by atoms with Crippen molar-refractivity contribution in [3.05, 3.63) is 35.4 Å². The molecular formula is C17H25NO2. The van der Waals surface area contributed by atoms with Crippen LogP contribution in [0.2, 0.25) is 0 Å². The third-order valence-electron chi connectivity index (χ3n) is 4.16. The summed E-state index contributed by atoms with van der Waals surface area (Å²) in [7, 11) is 0. The van der Waals surface area contributed by atoms with Crippen molar-refractivity contribution in [3.8, 4) is 0 Å². The molecule has 2 N–H and O–H groups in total. The first-order chi connectivity index (χ1) is 9.60. The van der Waals surface area contributed by atoms with Crippen molar-refractivity contribution in [2.45, 2.75) is 57.5 Å². The van der Waals surface area contributed by atoms with E-state index in [0.717, 1.165) is 44.1 Å². The Morgan fingerprint density at radius 3 is 2.75 bits per heavy atom. The van der Waals surface area contributed by atoms with E-state index in [1.165, 1.54) is 12.0 Å². The highest BCUT2D eigenvalue weighted by atomic mass is 16.3. The Morgan fingerprint density at radius 2 is 2.05 bits per heavy atom. The summed E-state index contributed by atoms with van der Waals surface area (Å²) in [5.41, 5.74) is 1.69. The molecule has 0 saturated heterocycles. The number of hydrogen-bond acceptors (Lipinski definition) is 2. The van der Waals surface area contributed by atoms with Crippen LogP contribution in [-0.2, 0) is 16.8 Å². The summed E-state index contributed by atoms with van der Waals surface area (Å²) in [6.45, 7) is 2.25. The van der Waals surface area contributed by atoms with Gasteiger partial charge in [-0.2, -0.15) is 0 Å². The van der Waals surface area contributed by atoms with Gasteiger partial charge in [-0.25, -0.2) is 0 Å². The van der Waals surface area contributed by atoms with E-state index in [0.29, 0.717) is 6.54 Å². The molecule has 1 aliphatic carbocycles. The number of carbonyl (C=O) groups is 1. The van der Waals surface area contributed by atoms with Gasteiger partial charge < -0.3 is 10.4 Å². The Labute approximate surface area is 121 Å². The lowest BCUT2D eigenvalue weighted by Crippen LogP contribution is -2.28. The van der Waals surface area contributed by atoms with Gasteiger partial charge in [-0.3, -0.25) is 4.79 Å². The molecule has 0 bridgehead atoms. The van der Waals surface area contributed by atoms with Gasteiger partial charge in [-0.15, -0.1) is 0 Å². The summed E-state index contributed by atoms with van der Waals surface area (Å²) in [4.78, 5) is 10.8. The Morgan fingerprint density at radius 1 is 1.30 bits per heavy atom. The summed E-state index contributed by atoms with van der Waals surface area (Å²) < 4.78 is 0. The van der Waals surface area contributed by atoms with Gasteiger partial charge in [0.05, 0.1) is 5.60 Å². The molecule has 110 valence electrons. The zero-order valence-corrected chi connectivity index (χ0v) is 12.3. The van der Waals surface area contributed by atoms with Gasteiger partial charge in [0.2, 0.25) is 5.91 Å². The number of rotatable bonds is 5. The minimum atomic E-state index is -0.619. The third-order valence-corrected chi connectivity index (χ3v) is 4.16. The largest absolute Gasteiger partial charge is 0.385 e. The van der Waals surface area contributed by atoms with Crippen LogP contribution >= 0.6 is 0 Å². The molecule has 3 heteroatoms. The zero-order chi connectivity index (χ0) is 14.4. The fourth-order valence-electron chi connectivity index (χ4n) is 3.00. The summed E-state index contributed by atoms with van der Waals surface area (Å²) in [5.74, 6) is 0.0234. The van der Waals surface area contributed by atoms with Crippen LogP contribution in [-0.4, -0.2) is 17.6 Å². The normalized spacial score (nSPS) is 17.7. The van der Waals surface area contributed by atoms with E-state index in [1.54, 1.807) is 6.92 Å². The molecule has 1 saturated carbocycles. The van der Waals surface area contributed by atoms with Gasteiger partial charge in [0, 0.05) is 13.5 Å². The van der Waals surface area contributed by atoms with E-state index in [4.69, 9.17) is 0 Å². The summed E-state index contributed by atoms with van der Waals surface area (Å²) in [5, 5.41) is 13.6. The minimum Gasteiger partial charge on any atom is -0.385 e. The van der Waals surface area contributed by atoms with Gasteiger partial charge in [-0.05, 0) is 36.8 Å². The van der Waals surface area contributed by atoms with Crippen molar-refractivity contribution >= 4 is 5.91 Å². The van der Waals surface area contributed by atoms with Gasteiger partial charge in [0.25, 0.3) is 0 Å². The second-order valence-corrected chi connectivity index (χ2v) is 5.88. The molecule has 0 aliphatic heterocycles. The smallest absolute Gasteiger partial charge is 0.216 e. The maximum absolute atomic E-state index is 10.8. The van der Waals surface area contributed by atoms with Gasteiger partial charge in [-0.1, -0.05) is 43.5 Å². The number of amides is 1.